The van der Waals surface area contributed by atoms with Crippen LogP contribution in [-0.4, -0.2) is 13.4 Å². The predicted molar refractivity (Wildman–Crippen MR) is 415 cm³/mol. The molecule has 0 radical (unpaired) electrons. The van der Waals surface area contributed by atoms with Crippen LogP contribution in [0.5, 0.6) is 0 Å². The van der Waals surface area contributed by atoms with E-state index in [1.165, 1.54) is 87.6 Å². The molecule has 4 heterocycles. The normalized spacial score (nSPS) is 13.7. The van der Waals surface area contributed by atoms with Crippen molar-refractivity contribution in [3.63, 3.8) is 0 Å². The van der Waals surface area contributed by atoms with Gasteiger partial charge < -0.3 is 24.5 Å². The molecule has 8 heteroatoms. The summed E-state index contributed by atoms with van der Waals surface area (Å²) in [6, 6.07) is 104. The molecule has 0 aromatic heterocycles. The third-order valence-electron chi connectivity index (χ3n) is 20.3. The summed E-state index contributed by atoms with van der Waals surface area (Å²) < 4.78 is 0. The van der Waals surface area contributed by atoms with Crippen molar-refractivity contribution in [2.24, 2.45) is 0 Å². The first-order chi connectivity index (χ1) is 46.2. The molecule has 470 valence electrons. The lowest BCUT2D eigenvalue weighted by Gasteiger charge is -2.46. The monoisotopic (exact) mass is 1260 g/mol. The Morgan fingerprint density at radius 3 is 0.927 bits per heavy atom. The van der Waals surface area contributed by atoms with Crippen molar-refractivity contribution in [2.75, 3.05) is 24.5 Å². The van der Waals surface area contributed by atoms with Gasteiger partial charge in [-0.25, -0.2) is 0 Å². The summed E-state index contributed by atoms with van der Waals surface area (Å²) >= 11 is 1.93. The zero-order chi connectivity index (χ0) is 66.2. The Morgan fingerprint density at radius 1 is 0.250 bits per heavy atom. The van der Waals surface area contributed by atoms with E-state index in [1.54, 1.807) is 0 Å². The number of fused-ring (bicyclic) bond motifs is 8. The molecule has 96 heavy (non-hydrogen) atoms. The average molecular weight is 1260 g/mol. The fraction of sp³-hybridized carbons (Fsp3) is 0.182. The largest absolute Gasteiger partial charge is 0.311 e. The molecule has 0 aliphatic carbocycles. The first-order valence-corrected chi connectivity index (χ1v) is 34.9. The van der Waals surface area contributed by atoms with Crippen molar-refractivity contribution in [1.29, 1.82) is 0 Å². The van der Waals surface area contributed by atoms with E-state index in [4.69, 9.17) is 0 Å². The highest BCUT2D eigenvalue weighted by Crippen LogP contribution is 2.52. The second-order valence-electron chi connectivity index (χ2n) is 30.7. The molecule has 16 rings (SSSR count). The Bertz CT molecular complexity index is 4830. The molecule has 0 saturated carbocycles. The maximum Gasteiger partial charge on any atom is 0.252 e. The molecule has 0 bridgehead atoms. The first kappa shape index (κ1) is 61.0. The quantitative estimate of drug-likeness (QED) is 0.133. The Balaban J connectivity index is 0.961. The first-order valence-electron chi connectivity index (χ1n) is 34.1. The van der Waals surface area contributed by atoms with Crippen molar-refractivity contribution >= 4 is 143 Å². The zero-order valence-electron chi connectivity index (χ0n) is 57.3. The summed E-state index contributed by atoms with van der Waals surface area (Å²) in [5.74, 6) is 0. The van der Waals surface area contributed by atoms with Gasteiger partial charge in [-0.3, -0.25) is 0 Å². The van der Waals surface area contributed by atoms with Crippen LogP contribution in [0.15, 0.2) is 283 Å². The van der Waals surface area contributed by atoms with Gasteiger partial charge in [-0.15, -0.1) is 0 Å². The highest BCUT2D eigenvalue weighted by Gasteiger charge is 2.48. The van der Waals surface area contributed by atoms with Crippen LogP contribution in [0.4, 0.5) is 85.3 Å². The summed E-state index contributed by atoms with van der Waals surface area (Å²) in [7, 11) is 0. The number of hydrogen-bond donors (Lipinski definition) is 0. The summed E-state index contributed by atoms with van der Waals surface area (Å²) in [4.78, 5) is 15.2. The van der Waals surface area contributed by atoms with Gasteiger partial charge >= 0.3 is 0 Å². The van der Waals surface area contributed by atoms with E-state index in [9.17, 15) is 0 Å². The van der Waals surface area contributed by atoms with E-state index < -0.39 is 0 Å². The maximum atomic E-state index is 2.65. The van der Waals surface area contributed by atoms with Gasteiger partial charge in [0.05, 0.1) is 5.69 Å². The van der Waals surface area contributed by atoms with Crippen LogP contribution in [0, 0.1) is 0 Å². The van der Waals surface area contributed by atoms with E-state index in [-0.39, 0.29) is 35.1 Å². The van der Waals surface area contributed by atoms with Crippen molar-refractivity contribution in [2.45, 2.75) is 115 Å². The van der Waals surface area contributed by atoms with Crippen molar-refractivity contribution in [3.8, 4) is 0 Å². The Morgan fingerprint density at radius 2 is 0.562 bits per heavy atom. The molecule has 0 spiro atoms. The Hall–Kier alpha value is -9.88. The minimum Gasteiger partial charge on any atom is -0.311 e. The molecule has 4 aliphatic rings. The lowest BCUT2D eigenvalue weighted by molar-refractivity contribution is 0.590. The molecule has 0 fully saturated rings. The second-order valence-corrected chi connectivity index (χ2v) is 31.8. The fourth-order valence-corrected chi connectivity index (χ4v) is 16.5. The van der Waals surface area contributed by atoms with Gasteiger partial charge in [0.2, 0.25) is 6.71 Å². The summed E-state index contributed by atoms with van der Waals surface area (Å²) in [5.41, 5.74) is 30.0. The summed E-state index contributed by atoms with van der Waals surface area (Å²) in [5, 5.41) is 0. The third kappa shape index (κ3) is 10.4. The van der Waals surface area contributed by atoms with Crippen LogP contribution in [0.25, 0.3) is 0 Å². The van der Waals surface area contributed by atoms with Gasteiger partial charge in [0, 0.05) is 89.4 Å². The van der Waals surface area contributed by atoms with E-state index in [1.807, 2.05) is 11.8 Å². The predicted octanol–water partition coefficient (Wildman–Crippen LogP) is 20.7. The molecule has 0 saturated heterocycles. The second kappa shape index (κ2) is 22.9. The lowest BCUT2D eigenvalue weighted by Crippen LogP contribution is -2.64. The molecular weight excluding hydrogens is 1180 g/mol. The molecule has 5 nitrogen and oxygen atoms in total. The Kier molecular flexibility index (Phi) is 14.6. The number of benzene rings is 12. The number of nitrogens with zero attached hydrogens (tertiary/aromatic N) is 5. The lowest BCUT2D eigenvalue weighted by atomic mass is 9.31. The van der Waals surface area contributed by atoms with Gasteiger partial charge in [0.15, 0.2) is 0 Å². The van der Waals surface area contributed by atoms with Crippen molar-refractivity contribution < 1.29 is 0 Å². The van der Waals surface area contributed by atoms with E-state index in [0.29, 0.717) is 0 Å². The number of rotatable bonds is 9. The molecule has 12 aromatic carbocycles. The molecule has 0 unspecified atom stereocenters. The number of hydrogen-bond acceptors (Lipinski definition) is 6. The van der Waals surface area contributed by atoms with Gasteiger partial charge in [0.1, 0.15) is 0 Å². The average Bonchev–Trinajstić information content (AvgIpc) is 0.692. The fourth-order valence-electron chi connectivity index (χ4n) is 15.3. The highest BCUT2D eigenvalue weighted by molar-refractivity contribution is 8.00. The van der Waals surface area contributed by atoms with E-state index in [0.717, 1.165) is 62.6 Å². The van der Waals surface area contributed by atoms with Crippen LogP contribution in [-0.2, 0) is 21.7 Å². The van der Waals surface area contributed by atoms with Crippen molar-refractivity contribution in [1.82, 2.24) is 0 Å². The standard InChI is InChI=1S/C88H81B2N5S/c1-85(2,3)58-36-44-65(45-37-58)91(66-46-38-59(39-47-66)86(4,5)6)69-52-78-83-79(53-69)95(64-30-20-15-21-31-64)77-57-81-74(56-73(77)89(83)71-32-22-24-34-75(71)93(78)62-26-16-13-17-27-62)90-72-33-23-25-35-76(72)94(63-28-18-14-19-29-63)80-54-70(55-82(96-81)84(80)90)92(67-48-40-60(41-49-67)87(7,8)9)68-50-42-61(43-51-68)88(10,11)12/h13-57H,1-12H3. The molecular formula is C88H81B2N5S. The maximum absolute atomic E-state index is 2.65. The summed E-state index contributed by atoms with van der Waals surface area (Å²) in [6.45, 7) is 27.4. The van der Waals surface area contributed by atoms with Gasteiger partial charge in [0.25, 0.3) is 6.71 Å². The highest BCUT2D eigenvalue weighted by atomic mass is 32.2. The van der Waals surface area contributed by atoms with Crippen LogP contribution >= 0.6 is 11.8 Å². The van der Waals surface area contributed by atoms with Gasteiger partial charge in [-0.1, -0.05) is 246 Å². The van der Waals surface area contributed by atoms with Crippen LogP contribution in [0.3, 0.4) is 0 Å². The minimum absolute atomic E-state index is 0.000659. The topological polar surface area (TPSA) is 16.2 Å². The SMILES string of the molecule is CC(C)(C)c1ccc(N(c2ccc(C(C)(C)C)cc2)c2cc3c4c(c2)N(c2ccccc2)c2ccccc2B4c2cc4c(cc2S3)N(c2ccccc2)c2cc(N(c3ccc(C(C)(C)C)cc3)c3ccc(C(C)(C)C)cc3)cc3c2B4c2ccccc2N3c2ccccc2)cc1. The van der Waals surface area contributed by atoms with Crippen LogP contribution < -0.4 is 57.3 Å². The van der Waals surface area contributed by atoms with Crippen LogP contribution in [0.1, 0.15) is 105 Å². The van der Waals surface area contributed by atoms with Crippen LogP contribution in [0.2, 0.25) is 0 Å². The zero-order valence-corrected chi connectivity index (χ0v) is 58.1. The molecule has 0 atom stereocenters. The molecule has 0 N–H and O–H groups in total. The van der Waals surface area contributed by atoms with E-state index in [2.05, 4.69) is 381 Å². The van der Waals surface area contributed by atoms with Gasteiger partial charge in [-0.2, -0.15) is 0 Å². The van der Waals surface area contributed by atoms with Gasteiger partial charge in [-0.05, 0) is 199 Å². The number of anilines is 15. The Labute approximate surface area is 573 Å². The molecule has 0 amide bonds. The summed E-state index contributed by atoms with van der Waals surface area (Å²) in [6.07, 6.45) is 0. The van der Waals surface area contributed by atoms with E-state index >= 15 is 0 Å². The molecule has 4 aliphatic heterocycles. The third-order valence-corrected chi connectivity index (χ3v) is 21.4. The van der Waals surface area contributed by atoms with Crippen molar-refractivity contribution in [3.05, 3.63) is 295 Å². The molecule has 12 aromatic rings. The smallest absolute Gasteiger partial charge is 0.252 e. The minimum atomic E-state index is -0.123. The number of para-hydroxylation sites is 5.